The van der Waals surface area contributed by atoms with Crippen molar-refractivity contribution in [1.29, 1.82) is 0 Å². The van der Waals surface area contributed by atoms with E-state index in [9.17, 15) is 60.3 Å². The minimum Gasteiger partial charge on any atom is -0.444 e. The van der Waals surface area contributed by atoms with Crippen LogP contribution in [0.1, 0.15) is 73.2 Å². The SMILES string of the molecule is CC(C)c1nc(CN(C)C(=O)N[C@H](C(=O)N[C@@H](Cc2ccccc2)C[C@H](O)[C@H](Cc2ccccc2)NC(=O)OCc2cncs2)C(C)C)cs1.NC[C@@H]1O[C@H](O[C@H]2[C@@H](O)[C@H](O[C@@H]3[C@@H](O)[C@H](N)C[C@H](N)[C@H]3O[C@H]3O[C@H](CO)[C@@H](O)[C@H](O)[C@H]3N)O[C@@H]2CO)[C@H](N)[C@@H](O)[C@@H]1O. The van der Waals surface area contributed by atoms with Gasteiger partial charge in [-0.15, -0.1) is 22.7 Å². The Hall–Kier alpha value is -5.09. The lowest BCUT2D eigenvalue weighted by Gasteiger charge is -2.47. The van der Waals surface area contributed by atoms with Gasteiger partial charge in [0, 0.05) is 49.2 Å². The number of aliphatic hydroxyl groups is 9. The van der Waals surface area contributed by atoms with E-state index in [2.05, 4.69) is 39.8 Å². The van der Waals surface area contributed by atoms with E-state index >= 15 is 0 Å². The zero-order valence-electron chi connectivity index (χ0n) is 52.0. The molecule has 4 aromatic rings. The number of aromatic nitrogens is 2. The third-order valence-electron chi connectivity index (χ3n) is 16.4. The molecule has 92 heavy (non-hydrogen) atoms. The van der Waals surface area contributed by atoms with Crippen molar-refractivity contribution in [2.24, 2.45) is 34.6 Å². The van der Waals surface area contributed by atoms with Crippen LogP contribution in [0, 0.1) is 5.92 Å². The fourth-order valence-corrected chi connectivity index (χ4v) is 12.4. The predicted molar refractivity (Wildman–Crippen MR) is 333 cm³/mol. The highest BCUT2D eigenvalue weighted by atomic mass is 32.1. The summed E-state index contributed by atoms with van der Waals surface area (Å²) in [5, 5.41) is 106. The molecule has 4 amide bonds. The number of nitrogens with two attached hydrogens (primary N) is 5. The quantitative estimate of drug-likeness (QED) is 0.0299. The summed E-state index contributed by atoms with van der Waals surface area (Å²) in [6, 6.07) is 12.5. The number of amides is 4. The van der Waals surface area contributed by atoms with Gasteiger partial charge in [0.05, 0.1) is 71.2 Å². The lowest BCUT2D eigenvalue weighted by molar-refractivity contribution is -0.310. The Morgan fingerprint density at radius 2 is 1.27 bits per heavy atom. The Bertz CT molecular complexity index is 2840. The monoisotopic (exact) mass is 1340 g/mol. The van der Waals surface area contributed by atoms with Gasteiger partial charge in [0.1, 0.15) is 79.8 Å². The molecule has 0 radical (unpaired) electrons. The number of benzene rings is 2. The molecular weight excluding hydrogens is 1240 g/mol. The summed E-state index contributed by atoms with van der Waals surface area (Å²) in [7, 11) is 1.68. The molecular formula is C60H93N11O19S2. The van der Waals surface area contributed by atoms with E-state index < -0.39 is 160 Å². The molecule has 30 nitrogen and oxygen atoms in total. The van der Waals surface area contributed by atoms with Crippen molar-refractivity contribution >= 4 is 40.7 Å². The number of carbonyl (C=O) groups excluding carboxylic acids is 3. The van der Waals surface area contributed by atoms with Gasteiger partial charge in [0.2, 0.25) is 5.91 Å². The van der Waals surface area contributed by atoms with E-state index in [-0.39, 0.29) is 43.8 Å². The molecule has 0 spiro atoms. The molecule has 32 heteroatoms. The summed E-state index contributed by atoms with van der Waals surface area (Å²) < 4.78 is 39.8. The highest BCUT2D eigenvalue weighted by Gasteiger charge is 2.54. The van der Waals surface area contributed by atoms with Crippen LogP contribution in [0.15, 0.2) is 77.8 Å². The third-order valence-corrected chi connectivity index (χ3v) is 18.4. The summed E-state index contributed by atoms with van der Waals surface area (Å²) in [5.41, 5.74) is 34.3. The lowest BCUT2D eigenvalue weighted by Crippen LogP contribution is -2.68. The number of urea groups is 1. The molecule has 4 fully saturated rings. The van der Waals surface area contributed by atoms with Gasteiger partial charge in [-0.1, -0.05) is 88.4 Å². The minimum absolute atomic E-state index is 0.0642. The third kappa shape index (κ3) is 19.8. The van der Waals surface area contributed by atoms with Crippen LogP contribution < -0.4 is 44.6 Å². The second kappa shape index (κ2) is 35.1. The molecule has 22 N–H and O–H groups in total. The average Bonchev–Trinajstić information content (AvgIpc) is 1.72. The average molecular weight is 1340 g/mol. The van der Waals surface area contributed by atoms with Crippen LogP contribution in [0.2, 0.25) is 0 Å². The van der Waals surface area contributed by atoms with Crippen LogP contribution in [-0.2, 0) is 63.9 Å². The van der Waals surface area contributed by atoms with E-state index in [4.69, 9.17) is 61.8 Å². The van der Waals surface area contributed by atoms with Gasteiger partial charge in [-0.3, -0.25) is 9.78 Å². The first-order valence-corrected chi connectivity index (χ1v) is 32.4. The number of alkyl carbamates (subject to hydrolysis) is 1. The van der Waals surface area contributed by atoms with Gasteiger partial charge in [-0.05, 0) is 42.7 Å². The van der Waals surface area contributed by atoms with Crippen LogP contribution in [0.4, 0.5) is 9.59 Å². The van der Waals surface area contributed by atoms with Gasteiger partial charge in [0.15, 0.2) is 18.9 Å². The molecule has 5 heterocycles. The number of hydrogen-bond donors (Lipinski definition) is 17. The molecule has 2 aromatic heterocycles. The maximum Gasteiger partial charge on any atom is 0.407 e. The molecule has 1 saturated carbocycles. The van der Waals surface area contributed by atoms with Crippen molar-refractivity contribution in [3.05, 3.63) is 104 Å². The molecule has 0 unspecified atom stereocenters. The van der Waals surface area contributed by atoms with Gasteiger partial charge in [-0.25, -0.2) is 14.6 Å². The van der Waals surface area contributed by atoms with Crippen LogP contribution >= 0.6 is 22.7 Å². The summed E-state index contributed by atoms with van der Waals surface area (Å²) in [6.07, 6.45) is -19.7. The van der Waals surface area contributed by atoms with Crippen molar-refractivity contribution in [2.75, 3.05) is 26.8 Å². The normalized spacial score (nSPS) is 32.0. The Labute approximate surface area is 541 Å². The second-order valence-electron chi connectivity index (χ2n) is 24.2. The maximum absolute atomic E-state index is 13.9. The van der Waals surface area contributed by atoms with E-state index in [1.54, 1.807) is 30.1 Å². The first-order valence-electron chi connectivity index (χ1n) is 30.6. The van der Waals surface area contributed by atoms with E-state index in [0.717, 1.165) is 26.7 Å². The minimum atomic E-state index is -1.62. The first-order chi connectivity index (χ1) is 43.8. The number of ether oxygens (including phenoxy) is 7. The summed E-state index contributed by atoms with van der Waals surface area (Å²) in [6.45, 7) is 6.80. The van der Waals surface area contributed by atoms with E-state index in [0.29, 0.717) is 25.3 Å². The largest absolute Gasteiger partial charge is 0.444 e. The predicted octanol–water partition coefficient (Wildman–Crippen LogP) is -2.96. The van der Waals surface area contributed by atoms with Crippen LogP contribution in [0.5, 0.6) is 0 Å². The Morgan fingerprint density at radius 1 is 0.696 bits per heavy atom. The van der Waals surface area contributed by atoms with Crippen molar-refractivity contribution in [3.8, 4) is 0 Å². The Balaban J connectivity index is 0.000000265. The lowest BCUT2D eigenvalue weighted by atomic mass is 9.84. The molecule has 4 aliphatic rings. The van der Waals surface area contributed by atoms with Gasteiger partial charge in [0.25, 0.3) is 0 Å². The molecule has 3 saturated heterocycles. The Kier molecular flexibility index (Phi) is 28.3. The topological polar surface area (TPSA) is 493 Å². The van der Waals surface area contributed by atoms with Crippen LogP contribution in [-0.4, -0.2) is 246 Å². The molecule has 23 atom stereocenters. The molecule has 0 bridgehead atoms. The van der Waals surface area contributed by atoms with Crippen LogP contribution in [0.25, 0.3) is 0 Å². The first kappa shape index (κ1) is 74.3. The van der Waals surface area contributed by atoms with Gasteiger partial charge >= 0.3 is 12.1 Å². The van der Waals surface area contributed by atoms with Gasteiger partial charge < -0.3 is 129 Å². The molecule has 2 aromatic carbocycles. The fourth-order valence-electron chi connectivity index (χ4n) is 11.1. The van der Waals surface area contributed by atoms with Crippen LogP contribution in [0.3, 0.4) is 0 Å². The number of carbonyl (C=O) groups is 3. The fraction of sp³-hybridized carbons (Fsp3) is 0.650. The maximum atomic E-state index is 13.9. The zero-order valence-corrected chi connectivity index (χ0v) is 53.6. The number of nitrogens with one attached hydrogen (secondary N) is 3. The highest BCUT2D eigenvalue weighted by molar-refractivity contribution is 7.09. The highest BCUT2D eigenvalue weighted by Crippen LogP contribution is 2.35. The van der Waals surface area contributed by atoms with E-state index in [1.807, 2.05) is 79.9 Å². The van der Waals surface area contributed by atoms with Crippen molar-refractivity contribution in [1.82, 2.24) is 30.8 Å². The summed E-state index contributed by atoms with van der Waals surface area (Å²) in [4.78, 5) is 51.0. The number of thiazole rings is 2. The van der Waals surface area contributed by atoms with E-state index in [1.165, 1.54) is 16.2 Å². The molecule has 514 valence electrons. The number of aliphatic hydroxyl groups excluding tert-OH is 9. The summed E-state index contributed by atoms with van der Waals surface area (Å²) >= 11 is 2.95. The smallest absolute Gasteiger partial charge is 0.407 e. The van der Waals surface area contributed by atoms with Crippen molar-refractivity contribution in [3.63, 3.8) is 0 Å². The zero-order chi connectivity index (χ0) is 67.1. The van der Waals surface area contributed by atoms with Crippen molar-refractivity contribution < 1.29 is 93.5 Å². The number of hydrogen-bond acceptors (Lipinski definition) is 28. The van der Waals surface area contributed by atoms with Gasteiger partial charge in [-0.2, -0.15) is 0 Å². The molecule has 3 aliphatic heterocycles. The molecule has 1 aliphatic carbocycles. The second-order valence-corrected chi connectivity index (χ2v) is 26.1. The standard InChI is InChI=1S/C37H48N6O5S2.C23H45N5O14/c1-24(2)33(42-36(46)43(5)20-29-22-49-35(40-29)25(3)4)34(45)39-28(16-26-12-8-6-9-13-26)18-32(44)31(17-27-14-10-7-11-15-27)41-37(47)48-21-30-19-38-23-50-30;24-2-7-13(32)15(34)10(27)21(37-7)41-19-9(4-30)39-23(17(19)36)42-20-12(31)5(25)1-6(26)18(20)40-22-11(28)16(35)14(33)8(3-29)38-22/h6-15,19,22-25,28,31-33,44H,16-18,20-21H2,1-5H3,(H,39,45)(H,41,47)(H,42,46);5-23,29-36H,1-4,24-28H2/t28-,31-,32-,33-;5-,6+,7+,8-,9-,10-,11-,12+,13-,14-,15-,16-,17-,18-,19-,20-,21-,22-,23+/m01/s1. The molecule has 8 rings (SSSR count). The Morgan fingerprint density at radius 3 is 1.84 bits per heavy atom. The number of nitrogens with zero attached hydrogens (tertiary/aromatic N) is 3. The number of rotatable bonds is 26. The van der Waals surface area contributed by atoms with Crippen molar-refractivity contribution in [2.45, 2.75) is 213 Å². The summed E-state index contributed by atoms with van der Waals surface area (Å²) in [5.74, 6) is -0.277.